The number of nitrogens with one attached hydrogen (secondary N) is 1. The molecular weight excluding hydrogens is 252 g/mol. The van der Waals surface area contributed by atoms with Crippen molar-refractivity contribution in [1.82, 2.24) is 20.1 Å². The molecule has 2 aromatic rings. The molecule has 5 nitrogen and oxygen atoms in total. The lowest BCUT2D eigenvalue weighted by Gasteiger charge is -2.15. The van der Waals surface area contributed by atoms with Gasteiger partial charge in [0.25, 0.3) is 0 Å². The number of aromatic hydroxyl groups is 1. The van der Waals surface area contributed by atoms with Crippen LogP contribution in [-0.4, -0.2) is 19.9 Å². The van der Waals surface area contributed by atoms with E-state index in [-0.39, 0.29) is 6.04 Å². The lowest BCUT2D eigenvalue weighted by molar-refractivity contribution is 0.441. The molecule has 0 radical (unpaired) electrons. The second-order valence-corrected chi connectivity index (χ2v) is 5.66. The molecule has 2 atom stereocenters. The van der Waals surface area contributed by atoms with Crippen molar-refractivity contribution in [3.8, 4) is 5.75 Å². The van der Waals surface area contributed by atoms with Gasteiger partial charge in [-0.05, 0) is 36.5 Å². The molecule has 3 rings (SSSR count). The van der Waals surface area contributed by atoms with Crippen molar-refractivity contribution in [2.45, 2.75) is 38.8 Å². The molecule has 0 bridgehead atoms. The Morgan fingerprint density at radius 2 is 2.20 bits per heavy atom. The molecule has 0 saturated carbocycles. The number of phenols is 1. The summed E-state index contributed by atoms with van der Waals surface area (Å²) in [6.45, 7) is 4.98. The third-order valence-corrected chi connectivity index (χ3v) is 4.22. The Hall–Kier alpha value is -1.88. The number of aryl methyl sites for hydroxylation is 2. The van der Waals surface area contributed by atoms with Crippen LogP contribution in [0.15, 0.2) is 18.5 Å². The number of aromatic nitrogens is 3. The molecular formula is C15H20N4O. The summed E-state index contributed by atoms with van der Waals surface area (Å²) in [4.78, 5) is 0. The normalized spacial score (nSPS) is 21.1. The smallest absolute Gasteiger partial charge is 0.146 e. The summed E-state index contributed by atoms with van der Waals surface area (Å²) < 4.78 is 1.91. The van der Waals surface area contributed by atoms with E-state index in [1.54, 1.807) is 12.4 Å². The maximum absolute atomic E-state index is 10.2. The fourth-order valence-electron chi connectivity index (χ4n) is 3.21. The standard InChI is InChI=1S/C15H20N4O/c1-9-4-5-12(20)15-11(6-10(2)14(9)15)16-7-13-18-17-8-19(13)3/h4-5,8,10-11,16,20H,6-7H2,1-3H3. The van der Waals surface area contributed by atoms with Gasteiger partial charge >= 0.3 is 0 Å². The van der Waals surface area contributed by atoms with Gasteiger partial charge in [0, 0.05) is 18.7 Å². The Balaban J connectivity index is 1.84. The Bertz CT molecular complexity index is 635. The fourth-order valence-corrected chi connectivity index (χ4v) is 3.21. The highest BCUT2D eigenvalue weighted by Gasteiger charge is 2.31. The molecule has 5 heteroatoms. The lowest BCUT2D eigenvalue weighted by atomic mass is 9.97. The molecule has 106 valence electrons. The SMILES string of the molecule is Cc1ccc(O)c2c1C(C)CC2NCc1nncn1C. The van der Waals surface area contributed by atoms with Crippen LogP contribution in [0, 0.1) is 6.92 Å². The van der Waals surface area contributed by atoms with Crippen molar-refractivity contribution in [2.75, 3.05) is 0 Å². The average Bonchev–Trinajstić information content (AvgIpc) is 2.96. The molecule has 2 unspecified atom stereocenters. The quantitative estimate of drug-likeness (QED) is 0.899. The van der Waals surface area contributed by atoms with Crippen molar-refractivity contribution in [3.05, 3.63) is 41.0 Å². The van der Waals surface area contributed by atoms with Crippen LogP contribution in [0.4, 0.5) is 0 Å². The predicted molar refractivity (Wildman–Crippen MR) is 76.5 cm³/mol. The fraction of sp³-hybridized carbons (Fsp3) is 0.467. The number of rotatable bonds is 3. The van der Waals surface area contributed by atoms with E-state index in [4.69, 9.17) is 0 Å². The minimum atomic E-state index is 0.177. The van der Waals surface area contributed by atoms with Crippen LogP contribution in [0.5, 0.6) is 5.75 Å². The molecule has 1 aliphatic rings. The van der Waals surface area contributed by atoms with E-state index < -0.39 is 0 Å². The van der Waals surface area contributed by atoms with E-state index in [0.717, 1.165) is 17.8 Å². The highest BCUT2D eigenvalue weighted by Crippen LogP contribution is 2.45. The molecule has 0 fully saturated rings. The number of hydrogen-bond donors (Lipinski definition) is 2. The number of phenolic OH excluding ortho intramolecular Hbond substituents is 1. The number of nitrogens with zero attached hydrogens (tertiary/aromatic N) is 3. The maximum Gasteiger partial charge on any atom is 0.146 e. The van der Waals surface area contributed by atoms with E-state index in [1.807, 2.05) is 17.7 Å². The molecule has 1 aromatic heterocycles. The Morgan fingerprint density at radius 3 is 2.90 bits per heavy atom. The van der Waals surface area contributed by atoms with Crippen molar-refractivity contribution < 1.29 is 5.11 Å². The minimum absolute atomic E-state index is 0.177. The Morgan fingerprint density at radius 1 is 1.40 bits per heavy atom. The summed E-state index contributed by atoms with van der Waals surface area (Å²) >= 11 is 0. The third-order valence-electron chi connectivity index (χ3n) is 4.22. The highest BCUT2D eigenvalue weighted by atomic mass is 16.3. The van der Waals surface area contributed by atoms with Crippen molar-refractivity contribution in [1.29, 1.82) is 0 Å². The van der Waals surface area contributed by atoms with Gasteiger partial charge in [0.1, 0.15) is 17.9 Å². The van der Waals surface area contributed by atoms with Gasteiger partial charge < -0.3 is 15.0 Å². The summed E-state index contributed by atoms with van der Waals surface area (Å²) in [6.07, 6.45) is 2.70. The summed E-state index contributed by atoms with van der Waals surface area (Å²) in [5.41, 5.74) is 3.60. The van der Waals surface area contributed by atoms with Gasteiger partial charge in [0.05, 0.1) is 6.54 Å². The van der Waals surface area contributed by atoms with E-state index in [9.17, 15) is 5.11 Å². The van der Waals surface area contributed by atoms with Gasteiger partial charge in [-0.3, -0.25) is 0 Å². The summed E-state index contributed by atoms with van der Waals surface area (Å²) in [7, 11) is 1.93. The molecule has 1 aromatic carbocycles. The van der Waals surface area contributed by atoms with E-state index >= 15 is 0 Å². The van der Waals surface area contributed by atoms with E-state index in [0.29, 0.717) is 18.2 Å². The van der Waals surface area contributed by atoms with E-state index in [2.05, 4.69) is 29.4 Å². The first-order valence-electron chi connectivity index (χ1n) is 6.96. The second-order valence-electron chi connectivity index (χ2n) is 5.66. The van der Waals surface area contributed by atoms with Crippen molar-refractivity contribution >= 4 is 0 Å². The predicted octanol–water partition coefficient (Wildman–Crippen LogP) is 2.17. The maximum atomic E-state index is 10.2. The van der Waals surface area contributed by atoms with Crippen LogP contribution < -0.4 is 5.32 Å². The molecule has 20 heavy (non-hydrogen) atoms. The largest absolute Gasteiger partial charge is 0.508 e. The first kappa shape index (κ1) is 13.1. The number of fused-ring (bicyclic) bond motifs is 1. The Kier molecular flexibility index (Phi) is 3.22. The zero-order valence-electron chi connectivity index (χ0n) is 12.1. The number of hydrogen-bond acceptors (Lipinski definition) is 4. The summed E-state index contributed by atoms with van der Waals surface area (Å²) in [6, 6.07) is 3.97. The van der Waals surface area contributed by atoms with Gasteiger partial charge in [-0.1, -0.05) is 13.0 Å². The van der Waals surface area contributed by atoms with Crippen LogP contribution in [0.1, 0.15) is 47.8 Å². The monoisotopic (exact) mass is 272 g/mol. The molecule has 1 heterocycles. The summed E-state index contributed by atoms with van der Waals surface area (Å²) in [5, 5.41) is 21.6. The van der Waals surface area contributed by atoms with Crippen LogP contribution in [-0.2, 0) is 13.6 Å². The molecule has 2 N–H and O–H groups in total. The first-order valence-corrected chi connectivity index (χ1v) is 6.96. The van der Waals surface area contributed by atoms with Crippen molar-refractivity contribution in [2.24, 2.45) is 7.05 Å². The van der Waals surface area contributed by atoms with Gasteiger partial charge in [0.15, 0.2) is 0 Å². The third kappa shape index (κ3) is 2.08. The summed E-state index contributed by atoms with van der Waals surface area (Å²) in [5.74, 6) is 1.76. The van der Waals surface area contributed by atoms with Crippen LogP contribution in [0.3, 0.4) is 0 Å². The molecule has 0 amide bonds. The van der Waals surface area contributed by atoms with Gasteiger partial charge in [-0.15, -0.1) is 10.2 Å². The minimum Gasteiger partial charge on any atom is -0.508 e. The number of benzene rings is 1. The highest BCUT2D eigenvalue weighted by molar-refractivity contribution is 5.50. The van der Waals surface area contributed by atoms with Crippen molar-refractivity contribution in [3.63, 3.8) is 0 Å². The molecule has 0 aliphatic heterocycles. The first-order chi connectivity index (χ1) is 9.58. The second kappa shape index (κ2) is 4.90. The molecule has 0 saturated heterocycles. The molecule has 1 aliphatic carbocycles. The van der Waals surface area contributed by atoms with E-state index in [1.165, 1.54) is 11.1 Å². The zero-order chi connectivity index (χ0) is 14.3. The van der Waals surface area contributed by atoms with Crippen LogP contribution in [0.25, 0.3) is 0 Å². The van der Waals surface area contributed by atoms with Gasteiger partial charge in [-0.2, -0.15) is 0 Å². The van der Waals surface area contributed by atoms with Gasteiger partial charge in [-0.25, -0.2) is 0 Å². The van der Waals surface area contributed by atoms with Crippen LogP contribution in [0.2, 0.25) is 0 Å². The topological polar surface area (TPSA) is 63.0 Å². The zero-order valence-corrected chi connectivity index (χ0v) is 12.1. The van der Waals surface area contributed by atoms with Gasteiger partial charge in [0.2, 0.25) is 0 Å². The average molecular weight is 272 g/mol. The molecule has 0 spiro atoms. The van der Waals surface area contributed by atoms with Crippen LogP contribution >= 0.6 is 0 Å². The lowest BCUT2D eigenvalue weighted by Crippen LogP contribution is -2.21. The Labute approximate surface area is 118 Å².